The maximum absolute atomic E-state index is 2.43. The first-order chi connectivity index (χ1) is 14.7. The second-order valence-corrected chi connectivity index (χ2v) is 7.84. The minimum atomic E-state index is 0.156. The number of nitrogens with zero attached hydrogens (tertiary/aromatic N) is 3. The van der Waals surface area contributed by atoms with E-state index in [-0.39, 0.29) is 6.17 Å². The van der Waals surface area contributed by atoms with E-state index >= 15 is 0 Å². The molecule has 3 heteroatoms. The van der Waals surface area contributed by atoms with Crippen molar-refractivity contribution >= 4 is 22.9 Å². The zero-order valence-electron chi connectivity index (χ0n) is 17.7. The molecule has 0 saturated heterocycles. The number of anilines is 4. The van der Waals surface area contributed by atoms with E-state index in [2.05, 4.69) is 132 Å². The summed E-state index contributed by atoms with van der Waals surface area (Å²) < 4.78 is 2.31. The standard InChI is InChI=1S/C27H26N3/c1-20-12-7-8-15-23(20)24-18-11-19-27(28(24)3)30-21(2)29(22-13-5-4-6-14-22)25-16-9-10-17-26(25)30/h4-19,21H,1-3H3/q+1/t21-/m0/s1. The first-order valence-electron chi connectivity index (χ1n) is 10.4. The molecule has 1 atom stereocenters. The minimum absolute atomic E-state index is 0.156. The maximum Gasteiger partial charge on any atom is 0.283 e. The molecule has 0 saturated carbocycles. The number of hydrogen-bond donors (Lipinski definition) is 0. The lowest BCUT2D eigenvalue weighted by atomic mass is 10.0. The van der Waals surface area contributed by atoms with Gasteiger partial charge in [0.25, 0.3) is 5.82 Å². The predicted octanol–water partition coefficient (Wildman–Crippen LogP) is 6.12. The number of rotatable bonds is 3. The average Bonchev–Trinajstić information content (AvgIpc) is 3.07. The number of aryl methyl sites for hydroxylation is 1. The summed E-state index contributed by atoms with van der Waals surface area (Å²) >= 11 is 0. The Balaban J connectivity index is 1.67. The van der Waals surface area contributed by atoms with Gasteiger partial charge in [-0.2, -0.15) is 0 Å². The van der Waals surface area contributed by atoms with Crippen molar-refractivity contribution in [1.82, 2.24) is 0 Å². The Labute approximate surface area is 178 Å². The van der Waals surface area contributed by atoms with Crippen LogP contribution in [-0.4, -0.2) is 6.17 Å². The SMILES string of the molecule is Cc1ccccc1-c1cccc(N2c3ccccc3N(c3ccccc3)[C@@H]2C)[n+]1C. The molecule has 0 unspecified atom stereocenters. The van der Waals surface area contributed by atoms with Crippen molar-refractivity contribution in [2.75, 3.05) is 9.80 Å². The molecule has 1 aliphatic rings. The smallest absolute Gasteiger partial charge is 0.283 e. The van der Waals surface area contributed by atoms with Gasteiger partial charge in [-0.3, -0.25) is 4.90 Å². The Kier molecular flexibility index (Phi) is 4.51. The van der Waals surface area contributed by atoms with Gasteiger partial charge in [0.1, 0.15) is 5.69 Å². The van der Waals surface area contributed by atoms with E-state index in [1.807, 2.05) is 0 Å². The van der Waals surface area contributed by atoms with Crippen molar-refractivity contribution in [3.8, 4) is 11.3 Å². The number of aromatic nitrogens is 1. The summed E-state index contributed by atoms with van der Waals surface area (Å²) in [6.45, 7) is 4.44. The first kappa shape index (κ1) is 18.4. The molecule has 1 aromatic heterocycles. The molecule has 5 rings (SSSR count). The highest BCUT2D eigenvalue weighted by Crippen LogP contribution is 2.46. The zero-order chi connectivity index (χ0) is 20.7. The Hall–Kier alpha value is -3.59. The molecular formula is C27H26N3+. The number of benzene rings is 3. The lowest BCUT2D eigenvalue weighted by Gasteiger charge is -2.26. The molecule has 0 bridgehead atoms. The molecule has 0 spiro atoms. The third kappa shape index (κ3) is 2.86. The van der Waals surface area contributed by atoms with Crippen molar-refractivity contribution in [1.29, 1.82) is 0 Å². The number of pyridine rings is 1. The molecule has 4 aromatic rings. The van der Waals surface area contributed by atoms with Crippen molar-refractivity contribution < 1.29 is 4.57 Å². The molecular weight excluding hydrogens is 366 g/mol. The van der Waals surface area contributed by atoms with E-state index in [9.17, 15) is 0 Å². The van der Waals surface area contributed by atoms with E-state index in [1.165, 1.54) is 39.7 Å². The second-order valence-electron chi connectivity index (χ2n) is 7.84. The van der Waals surface area contributed by atoms with Crippen LogP contribution in [0.4, 0.5) is 22.9 Å². The van der Waals surface area contributed by atoms with Gasteiger partial charge < -0.3 is 0 Å². The van der Waals surface area contributed by atoms with Gasteiger partial charge in [-0.05, 0) is 55.8 Å². The summed E-state index contributed by atoms with van der Waals surface area (Å²) in [5.74, 6) is 1.18. The van der Waals surface area contributed by atoms with Crippen molar-refractivity contribution in [2.24, 2.45) is 7.05 Å². The van der Waals surface area contributed by atoms with Crippen LogP contribution in [0.3, 0.4) is 0 Å². The second kappa shape index (κ2) is 7.34. The molecule has 3 nitrogen and oxygen atoms in total. The number of hydrogen-bond acceptors (Lipinski definition) is 2. The Morgan fingerprint density at radius 3 is 2.03 bits per heavy atom. The van der Waals surface area contributed by atoms with Crippen LogP contribution in [-0.2, 0) is 7.05 Å². The van der Waals surface area contributed by atoms with E-state index in [1.54, 1.807) is 0 Å². The lowest BCUT2D eigenvalue weighted by molar-refractivity contribution is -0.647. The fourth-order valence-electron chi connectivity index (χ4n) is 4.59. The molecule has 148 valence electrons. The summed E-state index contributed by atoms with van der Waals surface area (Å²) in [5.41, 5.74) is 7.43. The molecule has 0 amide bonds. The molecule has 0 N–H and O–H groups in total. The van der Waals surface area contributed by atoms with Gasteiger partial charge in [-0.1, -0.05) is 54.6 Å². The van der Waals surface area contributed by atoms with E-state index in [0.717, 1.165) is 0 Å². The van der Waals surface area contributed by atoms with Crippen LogP contribution in [0.2, 0.25) is 0 Å². The maximum atomic E-state index is 2.43. The zero-order valence-corrected chi connectivity index (χ0v) is 17.7. The van der Waals surface area contributed by atoms with Crippen LogP contribution in [0.1, 0.15) is 12.5 Å². The largest absolute Gasteiger partial charge is 0.298 e. The summed E-state index contributed by atoms with van der Waals surface area (Å²) in [7, 11) is 2.16. The predicted molar refractivity (Wildman–Crippen MR) is 124 cm³/mol. The van der Waals surface area contributed by atoms with Gasteiger partial charge in [0.05, 0.1) is 12.7 Å². The van der Waals surface area contributed by atoms with Gasteiger partial charge in [0, 0.05) is 17.3 Å². The fourth-order valence-corrected chi connectivity index (χ4v) is 4.59. The monoisotopic (exact) mass is 392 g/mol. The van der Waals surface area contributed by atoms with E-state index in [4.69, 9.17) is 0 Å². The topological polar surface area (TPSA) is 10.4 Å². The summed E-state index contributed by atoms with van der Waals surface area (Å²) in [5, 5.41) is 0. The van der Waals surface area contributed by atoms with E-state index in [0.29, 0.717) is 0 Å². The van der Waals surface area contributed by atoms with E-state index < -0.39 is 0 Å². The van der Waals surface area contributed by atoms with Gasteiger partial charge in [0.15, 0.2) is 11.9 Å². The highest BCUT2D eigenvalue weighted by molar-refractivity contribution is 5.87. The van der Waals surface area contributed by atoms with Gasteiger partial charge in [0.2, 0.25) is 0 Å². The molecule has 30 heavy (non-hydrogen) atoms. The molecule has 3 aromatic carbocycles. The normalized spacial score (nSPS) is 15.4. The summed E-state index contributed by atoms with van der Waals surface area (Å²) in [4.78, 5) is 4.85. The molecule has 0 aliphatic carbocycles. The highest BCUT2D eigenvalue weighted by atomic mass is 15.4. The third-order valence-electron chi connectivity index (χ3n) is 6.05. The van der Waals surface area contributed by atoms with Gasteiger partial charge in [-0.25, -0.2) is 9.47 Å². The average molecular weight is 393 g/mol. The van der Waals surface area contributed by atoms with Crippen molar-refractivity contribution in [3.63, 3.8) is 0 Å². The molecule has 0 radical (unpaired) electrons. The highest BCUT2D eigenvalue weighted by Gasteiger charge is 2.41. The van der Waals surface area contributed by atoms with Crippen LogP contribution < -0.4 is 14.4 Å². The van der Waals surface area contributed by atoms with Crippen LogP contribution in [0.5, 0.6) is 0 Å². The van der Waals surface area contributed by atoms with Crippen LogP contribution >= 0.6 is 0 Å². The first-order valence-corrected chi connectivity index (χ1v) is 10.4. The van der Waals surface area contributed by atoms with Crippen LogP contribution in [0, 0.1) is 6.92 Å². The summed E-state index contributed by atoms with van der Waals surface area (Å²) in [6.07, 6.45) is 0.156. The van der Waals surface area contributed by atoms with Crippen molar-refractivity contribution in [2.45, 2.75) is 20.0 Å². The van der Waals surface area contributed by atoms with Crippen LogP contribution in [0.25, 0.3) is 11.3 Å². The number of fused-ring (bicyclic) bond motifs is 1. The molecule has 2 heterocycles. The summed E-state index contributed by atoms with van der Waals surface area (Å²) in [6, 6.07) is 34.5. The fraction of sp³-hybridized carbons (Fsp3) is 0.148. The van der Waals surface area contributed by atoms with Gasteiger partial charge >= 0.3 is 0 Å². The Morgan fingerprint density at radius 1 is 0.667 bits per heavy atom. The lowest BCUT2D eigenvalue weighted by Crippen LogP contribution is -2.44. The van der Waals surface area contributed by atoms with Crippen molar-refractivity contribution in [3.05, 3.63) is 103 Å². The Morgan fingerprint density at radius 2 is 1.30 bits per heavy atom. The molecule has 0 fully saturated rings. The number of para-hydroxylation sites is 3. The third-order valence-corrected chi connectivity index (χ3v) is 6.05. The quantitative estimate of drug-likeness (QED) is 0.389. The molecule has 1 aliphatic heterocycles. The van der Waals surface area contributed by atoms with Crippen LogP contribution in [0.15, 0.2) is 97.1 Å². The minimum Gasteiger partial charge on any atom is -0.298 e. The van der Waals surface area contributed by atoms with Gasteiger partial charge in [-0.15, -0.1) is 0 Å². The Bertz CT molecular complexity index is 1200.